The Labute approximate surface area is 142 Å². The number of carbonyl (C=O) groups excluding carboxylic acids is 1. The molecule has 0 aliphatic rings. The van der Waals surface area contributed by atoms with E-state index in [1.807, 2.05) is 49.4 Å². The molecule has 0 radical (unpaired) electrons. The highest BCUT2D eigenvalue weighted by Gasteiger charge is 2.14. The van der Waals surface area contributed by atoms with E-state index < -0.39 is 0 Å². The third-order valence-electron chi connectivity index (χ3n) is 3.58. The zero-order valence-corrected chi connectivity index (χ0v) is 13.9. The molecule has 0 fully saturated rings. The minimum atomic E-state index is -0.272. The van der Waals surface area contributed by atoms with E-state index in [1.165, 1.54) is 0 Å². The van der Waals surface area contributed by atoms with Crippen molar-refractivity contribution in [3.05, 3.63) is 60.2 Å². The Morgan fingerprint density at radius 2 is 1.83 bits per heavy atom. The van der Waals surface area contributed by atoms with Gasteiger partial charge in [-0.15, -0.1) is 0 Å². The first kappa shape index (κ1) is 17.8. The van der Waals surface area contributed by atoms with Crippen LogP contribution in [0.5, 0.6) is 5.75 Å². The molecule has 0 bridgehead atoms. The molecule has 0 saturated carbocycles. The number of aliphatic hydroxyl groups excluding tert-OH is 1. The Kier molecular flexibility index (Phi) is 7.11. The minimum Gasteiger partial charge on any atom is -0.494 e. The molecule has 0 saturated heterocycles. The van der Waals surface area contributed by atoms with Gasteiger partial charge in [0, 0.05) is 12.3 Å². The number of benzene rings is 2. The number of hydrogen-bond acceptors (Lipinski definition) is 3. The summed E-state index contributed by atoms with van der Waals surface area (Å²) in [7, 11) is 0. The van der Waals surface area contributed by atoms with E-state index in [-0.39, 0.29) is 18.7 Å². The van der Waals surface area contributed by atoms with Crippen LogP contribution in [0, 0.1) is 0 Å². The quantitative estimate of drug-likeness (QED) is 0.691. The number of carbonyl (C=O) groups is 1. The maximum atomic E-state index is 12.3. The standard InChI is InChI=1S/C19H24N2O3/c1-2-24-17-12-10-16(11-13-17)20-19(23)21-18(9-6-14-22)15-7-4-3-5-8-15/h3-5,7-8,10-13,18,22H,2,6,9,14H2,1H3,(H2,20,21,23). The van der Waals surface area contributed by atoms with Crippen molar-refractivity contribution in [2.75, 3.05) is 18.5 Å². The molecular weight excluding hydrogens is 304 g/mol. The van der Waals surface area contributed by atoms with Crippen LogP contribution in [0.1, 0.15) is 31.4 Å². The Bertz CT molecular complexity index is 614. The van der Waals surface area contributed by atoms with Gasteiger partial charge >= 0.3 is 6.03 Å². The minimum absolute atomic E-state index is 0.103. The molecule has 1 atom stereocenters. The lowest BCUT2D eigenvalue weighted by Gasteiger charge is -2.19. The highest BCUT2D eigenvalue weighted by atomic mass is 16.5. The van der Waals surface area contributed by atoms with E-state index in [0.29, 0.717) is 25.1 Å². The second-order valence-electron chi connectivity index (χ2n) is 5.38. The van der Waals surface area contributed by atoms with Gasteiger partial charge in [-0.1, -0.05) is 30.3 Å². The molecule has 24 heavy (non-hydrogen) atoms. The van der Waals surface area contributed by atoms with Gasteiger partial charge in [0.15, 0.2) is 0 Å². The largest absolute Gasteiger partial charge is 0.494 e. The summed E-state index contributed by atoms with van der Waals surface area (Å²) in [4.78, 5) is 12.3. The average molecular weight is 328 g/mol. The molecule has 5 nitrogen and oxygen atoms in total. The summed E-state index contributed by atoms with van der Waals surface area (Å²) < 4.78 is 5.38. The first-order valence-corrected chi connectivity index (χ1v) is 8.19. The molecule has 0 aromatic heterocycles. The molecule has 5 heteroatoms. The zero-order chi connectivity index (χ0) is 17.2. The maximum absolute atomic E-state index is 12.3. The third kappa shape index (κ3) is 5.59. The smallest absolute Gasteiger partial charge is 0.319 e. The molecule has 2 aromatic carbocycles. The van der Waals surface area contributed by atoms with E-state index in [1.54, 1.807) is 12.1 Å². The van der Waals surface area contributed by atoms with Crippen molar-refractivity contribution in [2.24, 2.45) is 0 Å². The Balaban J connectivity index is 1.96. The molecule has 128 valence electrons. The van der Waals surface area contributed by atoms with E-state index >= 15 is 0 Å². The monoisotopic (exact) mass is 328 g/mol. The van der Waals surface area contributed by atoms with Crippen LogP contribution in [-0.4, -0.2) is 24.4 Å². The van der Waals surface area contributed by atoms with Crippen molar-refractivity contribution in [3.8, 4) is 5.75 Å². The van der Waals surface area contributed by atoms with Crippen LogP contribution in [0.4, 0.5) is 10.5 Å². The van der Waals surface area contributed by atoms with E-state index in [2.05, 4.69) is 10.6 Å². The molecule has 0 aliphatic carbocycles. The van der Waals surface area contributed by atoms with Crippen LogP contribution in [0.3, 0.4) is 0 Å². The number of urea groups is 1. The Hall–Kier alpha value is -2.53. The molecule has 0 heterocycles. The zero-order valence-electron chi connectivity index (χ0n) is 13.9. The Morgan fingerprint density at radius 1 is 1.12 bits per heavy atom. The predicted octanol–water partition coefficient (Wildman–Crippen LogP) is 3.72. The molecular formula is C19H24N2O3. The molecule has 2 rings (SSSR count). The van der Waals surface area contributed by atoms with Crippen LogP contribution in [0.25, 0.3) is 0 Å². The van der Waals surface area contributed by atoms with Crippen molar-refractivity contribution >= 4 is 11.7 Å². The van der Waals surface area contributed by atoms with Crippen molar-refractivity contribution < 1.29 is 14.6 Å². The van der Waals surface area contributed by atoms with Crippen LogP contribution in [0.2, 0.25) is 0 Å². The fraction of sp³-hybridized carbons (Fsp3) is 0.316. The van der Waals surface area contributed by atoms with Gasteiger partial charge in [-0.2, -0.15) is 0 Å². The third-order valence-corrected chi connectivity index (χ3v) is 3.58. The van der Waals surface area contributed by atoms with Crippen molar-refractivity contribution in [1.29, 1.82) is 0 Å². The number of rotatable bonds is 8. The van der Waals surface area contributed by atoms with Gasteiger partial charge in [0.1, 0.15) is 5.75 Å². The van der Waals surface area contributed by atoms with E-state index in [9.17, 15) is 4.79 Å². The number of amides is 2. The first-order valence-electron chi connectivity index (χ1n) is 8.19. The average Bonchev–Trinajstić information content (AvgIpc) is 2.61. The fourth-order valence-electron chi connectivity index (χ4n) is 2.43. The van der Waals surface area contributed by atoms with Gasteiger partial charge in [-0.3, -0.25) is 0 Å². The van der Waals surface area contributed by atoms with Crippen LogP contribution in [-0.2, 0) is 0 Å². The summed E-state index contributed by atoms with van der Waals surface area (Å²) in [5, 5.41) is 14.8. The molecule has 0 aliphatic heterocycles. The van der Waals surface area contributed by atoms with E-state index in [4.69, 9.17) is 9.84 Å². The second kappa shape index (κ2) is 9.57. The summed E-state index contributed by atoms with van der Waals surface area (Å²) in [6, 6.07) is 16.6. The number of ether oxygens (including phenoxy) is 1. The Morgan fingerprint density at radius 3 is 2.46 bits per heavy atom. The number of nitrogens with one attached hydrogen (secondary N) is 2. The summed E-state index contributed by atoms with van der Waals surface area (Å²) >= 11 is 0. The maximum Gasteiger partial charge on any atom is 0.319 e. The van der Waals surface area contributed by atoms with Gasteiger partial charge in [-0.25, -0.2) is 4.79 Å². The summed E-state index contributed by atoms with van der Waals surface area (Å²) in [5.74, 6) is 0.772. The lowest BCUT2D eigenvalue weighted by molar-refractivity contribution is 0.244. The SMILES string of the molecule is CCOc1ccc(NC(=O)NC(CCCO)c2ccccc2)cc1. The lowest BCUT2D eigenvalue weighted by atomic mass is 10.0. The van der Waals surface area contributed by atoms with E-state index in [0.717, 1.165) is 11.3 Å². The summed E-state index contributed by atoms with van der Waals surface area (Å²) in [6.45, 7) is 2.64. The lowest BCUT2D eigenvalue weighted by Crippen LogP contribution is -2.32. The van der Waals surface area contributed by atoms with Crippen molar-refractivity contribution in [2.45, 2.75) is 25.8 Å². The first-order chi connectivity index (χ1) is 11.7. The predicted molar refractivity (Wildman–Crippen MR) is 95.3 cm³/mol. The fourth-order valence-corrected chi connectivity index (χ4v) is 2.43. The van der Waals surface area contributed by atoms with Crippen LogP contribution >= 0.6 is 0 Å². The number of anilines is 1. The molecule has 3 N–H and O–H groups in total. The van der Waals surface area contributed by atoms with Crippen molar-refractivity contribution in [3.63, 3.8) is 0 Å². The van der Waals surface area contributed by atoms with Crippen LogP contribution < -0.4 is 15.4 Å². The van der Waals surface area contributed by atoms with Gasteiger partial charge in [-0.05, 0) is 49.6 Å². The van der Waals surface area contributed by atoms with Crippen LogP contribution in [0.15, 0.2) is 54.6 Å². The molecule has 2 aromatic rings. The van der Waals surface area contributed by atoms with Gasteiger partial charge in [0.25, 0.3) is 0 Å². The summed E-state index contributed by atoms with van der Waals surface area (Å²) in [6.07, 6.45) is 1.31. The highest BCUT2D eigenvalue weighted by Crippen LogP contribution is 2.19. The van der Waals surface area contributed by atoms with Crippen molar-refractivity contribution in [1.82, 2.24) is 5.32 Å². The normalized spacial score (nSPS) is 11.6. The number of hydrogen-bond donors (Lipinski definition) is 3. The topological polar surface area (TPSA) is 70.6 Å². The second-order valence-corrected chi connectivity index (χ2v) is 5.38. The molecule has 0 spiro atoms. The molecule has 2 amide bonds. The molecule has 1 unspecified atom stereocenters. The van der Waals surface area contributed by atoms with Gasteiger partial charge < -0.3 is 20.5 Å². The van der Waals surface area contributed by atoms with Gasteiger partial charge in [0.05, 0.1) is 12.6 Å². The number of aliphatic hydroxyl groups is 1. The van der Waals surface area contributed by atoms with Gasteiger partial charge in [0.2, 0.25) is 0 Å². The summed E-state index contributed by atoms with van der Waals surface area (Å²) in [5.41, 5.74) is 1.72. The highest BCUT2D eigenvalue weighted by molar-refractivity contribution is 5.89.